The Bertz CT molecular complexity index is 794. The number of para-hydroxylation sites is 1. The molecule has 2 aromatic heterocycles. The van der Waals surface area contributed by atoms with Gasteiger partial charge >= 0.3 is 0 Å². The number of hydrogen-bond donors (Lipinski definition) is 0. The highest BCUT2D eigenvalue weighted by Crippen LogP contribution is 2.24. The number of hydrogen-bond acceptors (Lipinski definition) is 4. The number of furan rings is 1. The van der Waals surface area contributed by atoms with E-state index in [1.165, 1.54) is 11.3 Å². The molecule has 0 spiro atoms. The van der Waals surface area contributed by atoms with Crippen LogP contribution >= 0.6 is 0 Å². The SMILES string of the molecule is Cn1nc(COc2ccccc2)c2c1CCN(Cc1ccco1)C2. The van der Waals surface area contributed by atoms with Gasteiger partial charge in [-0.2, -0.15) is 5.10 Å². The molecule has 0 saturated heterocycles. The van der Waals surface area contributed by atoms with Crippen molar-refractivity contribution < 1.29 is 9.15 Å². The average molecular weight is 323 g/mol. The largest absolute Gasteiger partial charge is 0.487 e. The summed E-state index contributed by atoms with van der Waals surface area (Å²) in [5.41, 5.74) is 3.64. The van der Waals surface area contributed by atoms with Crippen molar-refractivity contribution in [2.75, 3.05) is 6.54 Å². The van der Waals surface area contributed by atoms with E-state index in [2.05, 4.69) is 10.00 Å². The van der Waals surface area contributed by atoms with Gasteiger partial charge in [0.25, 0.3) is 0 Å². The van der Waals surface area contributed by atoms with Gasteiger partial charge in [-0.1, -0.05) is 18.2 Å². The van der Waals surface area contributed by atoms with E-state index >= 15 is 0 Å². The molecule has 1 aliphatic rings. The van der Waals surface area contributed by atoms with Gasteiger partial charge < -0.3 is 9.15 Å². The summed E-state index contributed by atoms with van der Waals surface area (Å²) >= 11 is 0. The molecule has 5 nitrogen and oxygen atoms in total. The summed E-state index contributed by atoms with van der Waals surface area (Å²) in [4.78, 5) is 2.40. The maximum Gasteiger partial charge on any atom is 0.132 e. The molecule has 3 aromatic rings. The smallest absolute Gasteiger partial charge is 0.132 e. The predicted octanol–water partition coefficient (Wildman–Crippen LogP) is 3.15. The number of aryl methyl sites for hydroxylation is 1. The van der Waals surface area contributed by atoms with Crippen molar-refractivity contribution in [2.45, 2.75) is 26.1 Å². The zero-order chi connectivity index (χ0) is 16.4. The number of benzene rings is 1. The molecule has 1 aliphatic heterocycles. The number of rotatable bonds is 5. The van der Waals surface area contributed by atoms with Crippen molar-refractivity contribution in [3.63, 3.8) is 0 Å². The van der Waals surface area contributed by atoms with E-state index in [0.29, 0.717) is 6.61 Å². The van der Waals surface area contributed by atoms with Crippen LogP contribution in [0.3, 0.4) is 0 Å². The van der Waals surface area contributed by atoms with E-state index in [-0.39, 0.29) is 0 Å². The Kier molecular flexibility index (Phi) is 4.09. The summed E-state index contributed by atoms with van der Waals surface area (Å²) in [6.07, 6.45) is 2.73. The molecule has 124 valence electrons. The van der Waals surface area contributed by atoms with Crippen LogP contribution < -0.4 is 4.74 Å². The fourth-order valence-electron chi connectivity index (χ4n) is 3.27. The second-order valence-electron chi connectivity index (χ2n) is 6.14. The quantitative estimate of drug-likeness (QED) is 0.723. The summed E-state index contributed by atoms with van der Waals surface area (Å²) in [7, 11) is 2.02. The highest BCUT2D eigenvalue weighted by Gasteiger charge is 2.24. The maximum atomic E-state index is 5.90. The van der Waals surface area contributed by atoms with E-state index in [9.17, 15) is 0 Å². The zero-order valence-corrected chi connectivity index (χ0v) is 13.8. The van der Waals surface area contributed by atoms with Gasteiger partial charge in [-0.05, 0) is 24.3 Å². The van der Waals surface area contributed by atoms with E-state index in [1.54, 1.807) is 6.26 Å². The van der Waals surface area contributed by atoms with Crippen LogP contribution in [0.2, 0.25) is 0 Å². The second kappa shape index (κ2) is 6.53. The molecule has 0 saturated carbocycles. The molecule has 24 heavy (non-hydrogen) atoms. The van der Waals surface area contributed by atoms with Gasteiger partial charge in [-0.25, -0.2) is 0 Å². The summed E-state index contributed by atoms with van der Waals surface area (Å²) in [5, 5.41) is 4.68. The molecule has 4 rings (SSSR count). The lowest BCUT2D eigenvalue weighted by Crippen LogP contribution is -2.30. The number of fused-ring (bicyclic) bond motifs is 1. The third kappa shape index (κ3) is 3.08. The first-order valence-electron chi connectivity index (χ1n) is 8.26. The number of nitrogens with zero attached hydrogens (tertiary/aromatic N) is 3. The molecule has 0 radical (unpaired) electrons. The monoisotopic (exact) mass is 323 g/mol. The second-order valence-corrected chi connectivity index (χ2v) is 6.14. The highest BCUT2D eigenvalue weighted by molar-refractivity contribution is 5.29. The molecule has 0 bridgehead atoms. The molecule has 0 amide bonds. The van der Waals surface area contributed by atoms with E-state index < -0.39 is 0 Å². The third-order valence-electron chi connectivity index (χ3n) is 4.48. The van der Waals surface area contributed by atoms with Crippen molar-refractivity contribution in [3.8, 4) is 5.75 Å². The van der Waals surface area contributed by atoms with Crippen molar-refractivity contribution >= 4 is 0 Å². The fraction of sp³-hybridized carbons (Fsp3) is 0.316. The standard InChI is InChI=1S/C19H21N3O2/c1-21-19-9-10-22(12-16-8-5-11-23-16)13-17(19)18(20-21)14-24-15-6-3-2-4-7-15/h2-8,11H,9-10,12-14H2,1H3. The van der Waals surface area contributed by atoms with Crippen molar-refractivity contribution in [2.24, 2.45) is 7.05 Å². The molecule has 0 aliphatic carbocycles. The van der Waals surface area contributed by atoms with Crippen LogP contribution in [0.1, 0.15) is 22.7 Å². The van der Waals surface area contributed by atoms with Crippen LogP contribution in [0, 0.1) is 0 Å². The zero-order valence-electron chi connectivity index (χ0n) is 13.8. The molecule has 0 N–H and O–H groups in total. The van der Waals surface area contributed by atoms with Gasteiger partial charge in [0.2, 0.25) is 0 Å². The van der Waals surface area contributed by atoms with Crippen LogP contribution in [-0.4, -0.2) is 21.2 Å². The Morgan fingerprint density at radius 1 is 1.17 bits per heavy atom. The summed E-state index contributed by atoms with van der Waals surface area (Å²) < 4.78 is 13.4. The molecule has 0 atom stereocenters. The van der Waals surface area contributed by atoms with Gasteiger partial charge in [0.15, 0.2) is 0 Å². The Labute approximate surface area is 141 Å². The Morgan fingerprint density at radius 2 is 2.04 bits per heavy atom. The molecule has 3 heterocycles. The fourth-order valence-corrected chi connectivity index (χ4v) is 3.27. The minimum absolute atomic E-state index is 0.502. The third-order valence-corrected chi connectivity index (χ3v) is 4.48. The van der Waals surface area contributed by atoms with Crippen molar-refractivity contribution in [1.82, 2.24) is 14.7 Å². The van der Waals surface area contributed by atoms with Gasteiger partial charge in [0.1, 0.15) is 23.8 Å². The van der Waals surface area contributed by atoms with Gasteiger partial charge in [0, 0.05) is 37.8 Å². The lowest BCUT2D eigenvalue weighted by atomic mass is 10.1. The van der Waals surface area contributed by atoms with Gasteiger partial charge in [-0.15, -0.1) is 0 Å². The summed E-state index contributed by atoms with van der Waals surface area (Å²) in [6, 6.07) is 13.9. The molecule has 1 aromatic carbocycles. The molecular weight excluding hydrogens is 302 g/mol. The lowest BCUT2D eigenvalue weighted by Gasteiger charge is -2.26. The van der Waals surface area contributed by atoms with Crippen LogP contribution in [0.4, 0.5) is 0 Å². The molecule has 0 unspecified atom stereocenters. The van der Waals surface area contributed by atoms with Crippen LogP contribution in [0.15, 0.2) is 53.1 Å². The van der Waals surface area contributed by atoms with Crippen LogP contribution in [-0.2, 0) is 33.2 Å². The predicted molar refractivity (Wildman–Crippen MR) is 90.5 cm³/mol. The Hall–Kier alpha value is -2.53. The molecule has 5 heteroatoms. The minimum atomic E-state index is 0.502. The summed E-state index contributed by atoms with van der Waals surface area (Å²) in [6.45, 7) is 3.24. The van der Waals surface area contributed by atoms with E-state index in [0.717, 1.165) is 43.3 Å². The van der Waals surface area contributed by atoms with E-state index in [4.69, 9.17) is 9.15 Å². The van der Waals surface area contributed by atoms with Crippen LogP contribution in [0.25, 0.3) is 0 Å². The number of ether oxygens (including phenoxy) is 1. The average Bonchev–Trinajstić information content (AvgIpc) is 3.22. The first-order valence-corrected chi connectivity index (χ1v) is 8.26. The number of aromatic nitrogens is 2. The summed E-state index contributed by atoms with van der Waals surface area (Å²) in [5.74, 6) is 1.88. The lowest BCUT2D eigenvalue weighted by molar-refractivity contribution is 0.221. The van der Waals surface area contributed by atoms with Crippen LogP contribution in [0.5, 0.6) is 5.75 Å². The topological polar surface area (TPSA) is 43.4 Å². The Morgan fingerprint density at radius 3 is 2.83 bits per heavy atom. The van der Waals surface area contributed by atoms with Gasteiger partial charge in [0.05, 0.1) is 12.8 Å². The van der Waals surface area contributed by atoms with Gasteiger partial charge in [-0.3, -0.25) is 9.58 Å². The molecule has 0 fully saturated rings. The molecular formula is C19H21N3O2. The van der Waals surface area contributed by atoms with Crippen molar-refractivity contribution in [3.05, 3.63) is 71.4 Å². The normalized spacial score (nSPS) is 14.5. The first-order chi connectivity index (χ1) is 11.8. The Balaban J connectivity index is 1.49. The minimum Gasteiger partial charge on any atom is -0.487 e. The van der Waals surface area contributed by atoms with Crippen molar-refractivity contribution in [1.29, 1.82) is 0 Å². The highest BCUT2D eigenvalue weighted by atomic mass is 16.5. The van der Waals surface area contributed by atoms with E-state index in [1.807, 2.05) is 54.2 Å². The maximum absolute atomic E-state index is 5.90. The first kappa shape index (κ1) is 15.0.